The molecule has 0 spiro atoms. The molecule has 90 valence electrons. The zero-order valence-electron chi connectivity index (χ0n) is 9.58. The maximum atomic E-state index is 12.1. The highest BCUT2D eigenvalue weighted by atomic mass is 16.6. The SMILES string of the molecule is Cc1cc(-n2c(C)nn(CC3CO3)c2=O)on1. The first-order valence-electron chi connectivity index (χ1n) is 5.37. The van der Waals surface area contributed by atoms with Gasteiger partial charge in [-0.15, -0.1) is 0 Å². The van der Waals surface area contributed by atoms with Crippen LogP contribution in [-0.4, -0.2) is 32.2 Å². The van der Waals surface area contributed by atoms with Crippen LogP contribution in [0.4, 0.5) is 0 Å². The molecular weight excluding hydrogens is 224 g/mol. The van der Waals surface area contributed by atoms with E-state index in [0.717, 1.165) is 5.69 Å². The second-order valence-electron chi connectivity index (χ2n) is 4.11. The molecule has 0 radical (unpaired) electrons. The Morgan fingerprint density at radius 2 is 2.29 bits per heavy atom. The summed E-state index contributed by atoms with van der Waals surface area (Å²) in [5.74, 6) is 0.972. The van der Waals surface area contributed by atoms with Crippen LogP contribution in [-0.2, 0) is 11.3 Å². The van der Waals surface area contributed by atoms with Gasteiger partial charge in [-0.3, -0.25) is 0 Å². The fraction of sp³-hybridized carbons (Fsp3) is 0.500. The van der Waals surface area contributed by atoms with Crippen molar-refractivity contribution in [1.82, 2.24) is 19.5 Å². The Hall–Kier alpha value is -1.89. The van der Waals surface area contributed by atoms with Crippen molar-refractivity contribution in [2.45, 2.75) is 26.5 Å². The van der Waals surface area contributed by atoms with Gasteiger partial charge in [0.2, 0.25) is 5.88 Å². The van der Waals surface area contributed by atoms with E-state index in [2.05, 4.69) is 10.3 Å². The number of ether oxygens (including phenoxy) is 1. The summed E-state index contributed by atoms with van der Waals surface area (Å²) < 4.78 is 13.0. The van der Waals surface area contributed by atoms with E-state index in [9.17, 15) is 4.79 Å². The molecule has 1 aliphatic rings. The van der Waals surface area contributed by atoms with Crippen LogP contribution in [0.15, 0.2) is 15.4 Å². The van der Waals surface area contributed by atoms with Crippen molar-refractivity contribution in [3.05, 3.63) is 28.1 Å². The highest BCUT2D eigenvalue weighted by Crippen LogP contribution is 2.12. The summed E-state index contributed by atoms with van der Waals surface area (Å²) in [6.07, 6.45) is 0.118. The third kappa shape index (κ3) is 1.78. The zero-order chi connectivity index (χ0) is 12.0. The molecule has 2 aromatic rings. The summed E-state index contributed by atoms with van der Waals surface area (Å²) in [7, 11) is 0. The Kier molecular flexibility index (Phi) is 2.15. The Balaban J connectivity index is 2.04. The molecule has 1 aliphatic heterocycles. The molecule has 3 heterocycles. The third-order valence-electron chi connectivity index (χ3n) is 2.62. The van der Waals surface area contributed by atoms with Gasteiger partial charge >= 0.3 is 5.69 Å². The summed E-state index contributed by atoms with van der Waals surface area (Å²) in [6.45, 7) is 4.74. The molecule has 1 saturated heterocycles. The quantitative estimate of drug-likeness (QED) is 0.703. The topological polar surface area (TPSA) is 78.4 Å². The van der Waals surface area contributed by atoms with Gasteiger partial charge in [0.05, 0.1) is 18.8 Å². The lowest BCUT2D eigenvalue weighted by Gasteiger charge is -1.94. The Morgan fingerprint density at radius 3 is 2.88 bits per heavy atom. The van der Waals surface area contributed by atoms with Gasteiger partial charge < -0.3 is 9.26 Å². The summed E-state index contributed by atoms with van der Waals surface area (Å²) in [5.41, 5.74) is 0.499. The van der Waals surface area contributed by atoms with Gasteiger partial charge in [-0.2, -0.15) is 5.10 Å². The summed E-state index contributed by atoms with van der Waals surface area (Å²) in [6, 6.07) is 1.70. The van der Waals surface area contributed by atoms with Gasteiger partial charge in [-0.25, -0.2) is 14.0 Å². The van der Waals surface area contributed by atoms with Crippen LogP contribution < -0.4 is 5.69 Å². The van der Waals surface area contributed by atoms with Crippen LogP contribution >= 0.6 is 0 Å². The molecule has 1 unspecified atom stereocenters. The van der Waals surface area contributed by atoms with Gasteiger partial charge in [0.15, 0.2) is 0 Å². The minimum absolute atomic E-state index is 0.118. The van der Waals surface area contributed by atoms with Gasteiger partial charge in [0.1, 0.15) is 11.9 Å². The Morgan fingerprint density at radius 1 is 1.53 bits per heavy atom. The van der Waals surface area contributed by atoms with E-state index in [-0.39, 0.29) is 11.8 Å². The minimum atomic E-state index is -0.228. The average Bonchev–Trinajstić information content (AvgIpc) is 2.92. The van der Waals surface area contributed by atoms with Crippen LogP contribution in [0.3, 0.4) is 0 Å². The number of aromatic nitrogens is 4. The molecule has 1 fully saturated rings. The second kappa shape index (κ2) is 3.56. The second-order valence-corrected chi connectivity index (χ2v) is 4.11. The van der Waals surface area contributed by atoms with Crippen molar-refractivity contribution in [2.75, 3.05) is 6.61 Å². The summed E-state index contributed by atoms with van der Waals surface area (Å²) >= 11 is 0. The summed E-state index contributed by atoms with van der Waals surface area (Å²) in [5, 5.41) is 7.94. The van der Waals surface area contributed by atoms with E-state index in [4.69, 9.17) is 9.26 Å². The van der Waals surface area contributed by atoms with Crippen LogP contribution in [0, 0.1) is 13.8 Å². The molecular formula is C10H12N4O3. The molecule has 2 aromatic heterocycles. The molecule has 0 amide bonds. The lowest BCUT2D eigenvalue weighted by Crippen LogP contribution is -2.25. The molecule has 0 bridgehead atoms. The average molecular weight is 236 g/mol. The van der Waals surface area contributed by atoms with Crippen molar-refractivity contribution in [2.24, 2.45) is 0 Å². The molecule has 0 aliphatic carbocycles. The van der Waals surface area contributed by atoms with Gasteiger partial charge in [-0.1, -0.05) is 5.16 Å². The highest BCUT2D eigenvalue weighted by molar-refractivity contribution is 5.20. The fourth-order valence-corrected chi connectivity index (χ4v) is 1.71. The maximum absolute atomic E-state index is 12.1. The van der Waals surface area contributed by atoms with E-state index >= 15 is 0 Å². The van der Waals surface area contributed by atoms with Crippen LogP contribution in [0.25, 0.3) is 5.88 Å². The molecule has 7 nitrogen and oxygen atoms in total. The normalized spacial score (nSPS) is 18.6. The monoisotopic (exact) mass is 236 g/mol. The minimum Gasteiger partial charge on any atom is -0.371 e. The van der Waals surface area contributed by atoms with E-state index in [0.29, 0.717) is 24.9 Å². The van der Waals surface area contributed by atoms with Crippen molar-refractivity contribution in [3.8, 4) is 5.88 Å². The number of rotatable bonds is 3. The predicted octanol–water partition coefficient (Wildman–Crippen LogP) is 0.0376. The smallest absolute Gasteiger partial charge is 0.353 e. The van der Waals surface area contributed by atoms with E-state index in [1.807, 2.05) is 0 Å². The van der Waals surface area contributed by atoms with Gasteiger partial charge in [-0.05, 0) is 13.8 Å². The van der Waals surface area contributed by atoms with Crippen LogP contribution in [0.2, 0.25) is 0 Å². The third-order valence-corrected chi connectivity index (χ3v) is 2.62. The molecule has 0 saturated carbocycles. The molecule has 0 N–H and O–H groups in total. The number of aryl methyl sites for hydroxylation is 2. The predicted molar refractivity (Wildman–Crippen MR) is 57.1 cm³/mol. The van der Waals surface area contributed by atoms with Crippen molar-refractivity contribution in [1.29, 1.82) is 0 Å². The van der Waals surface area contributed by atoms with Crippen LogP contribution in [0.5, 0.6) is 0 Å². The first kappa shape index (κ1) is 10.3. The van der Waals surface area contributed by atoms with Crippen LogP contribution in [0.1, 0.15) is 11.5 Å². The Labute approximate surface area is 96.6 Å². The lowest BCUT2D eigenvalue weighted by molar-refractivity contribution is 0.368. The van der Waals surface area contributed by atoms with E-state index < -0.39 is 0 Å². The number of nitrogens with zero attached hydrogens (tertiary/aromatic N) is 4. The zero-order valence-corrected chi connectivity index (χ0v) is 9.58. The van der Waals surface area contributed by atoms with Crippen molar-refractivity contribution >= 4 is 0 Å². The number of hydrogen-bond donors (Lipinski definition) is 0. The first-order valence-corrected chi connectivity index (χ1v) is 5.37. The molecule has 3 rings (SSSR count). The van der Waals surface area contributed by atoms with Crippen molar-refractivity contribution < 1.29 is 9.26 Å². The number of hydrogen-bond acceptors (Lipinski definition) is 5. The molecule has 1 atom stereocenters. The first-order chi connectivity index (χ1) is 8.15. The number of epoxide rings is 1. The van der Waals surface area contributed by atoms with Crippen molar-refractivity contribution in [3.63, 3.8) is 0 Å². The lowest BCUT2D eigenvalue weighted by atomic mass is 10.5. The molecule has 7 heteroatoms. The summed E-state index contributed by atoms with van der Waals surface area (Å²) in [4.78, 5) is 12.1. The van der Waals surface area contributed by atoms with E-state index in [1.165, 1.54) is 9.25 Å². The van der Waals surface area contributed by atoms with Gasteiger partial charge in [0, 0.05) is 6.07 Å². The van der Waals surface area contributed by atoms with Gasteiger partial charge in [0.25, 0.3) is 0 Å². The fourth-order valence-electron chi connectivity index (χ4n) is 1.71. The Bertz CT molecular complexity index is 605. The highest BCUT2D eigenvalue weighted by Gasteiger charge is 2.26. The largest absolute Gasteiger partial charge is 0.371 e. The standard InChI is InChI=1S/C10H12N4O3/c1-6-3-9(17-12-6)14-7(2)11-13(10(14)15)4-8-5-16-8/h3,8H,4-5H2,1-2H3. The molecule has 17 heavy (non-hydrogen) atoms. The van der Waals surface area contributed by atoms with E-state index in [1.54, 1.807) is 19.9 Å². The maximum Gasteiger partial charge on any atom is 0.353 e. The molecule has 0 aromatic carbocycles.